The normalized spacial score (nSPS) is 11.3. The van der Waals surface area contributed by atoms with E-state index >= 15 is 0 Å². The Morgan fingerprint density at radius 2 is 1.88 bits per heavy atom. The lowest BCUT2D eigenvalue weighted by molar-refractivity contribution is -0.139. The number of aryl methyl sites for hydroxylation is 1. The van der Waals surface area contributed by atoms with Crippen LogP contribution in [0.2, 0.25) is 0 Å². The zero-order valence-corrected chi connectivity index (χ0v) is 10.0. The minimum absolute atomic E-state index is 0.171. The van der Waals surface area contributed by atoms with Gasteiger partial charge in [0.05, 0.1) is 5.75 Å². The molecule has 0 aromatic heterocycles. The predicted octanol–water partition coefficient (Wildman–Crippen LogP) is 1.05. The highest BCUT2D eigenvalue weighted by Crippen LogP contribution is 2.05. The van der Waals surface area contributed by atoms with Crippen LogP contribution in [0.15, 0.2) is 30.3 Å². The second kappa shape index (κ2) is 6.36. The zero-order valence-electron chi connectivity index (χ0n) is 9.20. The standard InChI is InChI=1S/C11H14O5S/c12-11(13)9-16-17(14,15)8-4-7-10-5-2-1-3-6-10/h1-3,5-6H,4,7-9H2,(H,12,13). The molecular formula is C11H14O5S. The molecule has 1 aromatic rings. The van der Waals surface area contributed by atoms with E-state index < -0.39 is 22.7 Å². The third-order valence-electron chi connectivity index (χ3n) is 2.06. The zero-order chi connectivity index (χ0) is 12.7. The Balaban J connectivity index is 2.33. The highest BCUT2D eigenvalue weighted by Gasteiger charge is 2.12. The minimum atomic E-state index is -3.73. The number of benzene rings is 1. The molecule has 0 heterocycles. The van der Waals surface area contributed by atoms with Crippen molar-refractivity contribution in [2.45, 2.75) is 12.8 Å². The van der Waals surface area contributed by atoms with E-state index in [2.05, 4.69) is 4.18 Å². The number of aliphatic carboxylic acids is 1. The Labute approximate surface area is 100 Å². The molecule has 1 N–H and O–H groups in total. The minimum Gasteiger partial charge on any atom is -0.479 e. The predicted molar refractivity (Wildman–Crippen MR) is 62.1 cm³/mol. The summed E-state index contributed by atoms with van der Waals surface area (Å²) < 4.78 is 26.8. The second-order valence-corrected chi connectivity index (χ2v) is 5.27. The largest absolute Gasteiger partial charge is 0.479 e. The number of rotatable bonds is 7. The number of carboxylic acids is 1. The van der Waals surface area contributed by atoms with Gasteiger partial charge in [-0.05, 0) is 18.4 Å². The van der Waals surface area contributed by atoms with Crippen LogP contribution in [0.3, 0.4) is 0 Å². The topological polar surface area (TPSA) is 80.7 Å². The van der Waals surface area contributed by atoms with Gasteiger partial charge in [-0.25, -0.2) is 4.79 Å². The average Bonchev–Trinajstić information content (AvgIpc) is 2.28. The van der Waals surface area contributed by atoms with Crippen molar-refractivity contribution in [2.24, 2.45) is 0 Å². The van der Waals surface area contributed by atoms with Gasteiger partial charge >= 0.3 is 5.97 Å². The first-order valence-corrected chi connectivity index (χ1v) is 6.70. The summed E-state index contributed by atoms with van der Waals surface area (Å²) in [6.45, 7) is -0.812. The molecule has 17 heavy (non-hydrogen) atoms. The van der Waals surface area contributed by atoms with Crippen molar-refractivity contribution in [3.63, 3.8) is 0 Å². The van der Waals surface area contributed by atoms with Crippen LogP contribution >= 0.6 is 0 Å². The molecule has 94 valence electrons. The van der Waals surface area contributed by atoms with Crippen molar-refractivity contribution < 1.29 is 22.5 Å². The van der Waals surface area contributed by atoms with E-state index in [0.29, 0.717) is 12.8 Å². The van der Waals surface area contributed by atoms with Crippen LogP contribution in [0.4, 0.5) is 0 Å². The Morgan fingerprint density at radius 1 is 1.24 bits per heavy atom. The van der Waals surface area contributed by atoms with Crippen LogP contribution in [0.5, 0.6) is 0 Å². The molecule has 0 atom stereocenters. The van der Waals surface area contributed by atoms with Crippen LogP contribution in [0.1, 0.15) is 12.0 Å². The van der Waals surface area contributed by atoms with E-state index in [9.17, 15) is 13.2 Å². The molecule has 1 aromatic carbocycles. The maximum Gasteiger partial charge on any atom is 0.331 e. The van der Waals surface area contributed by atoms with Gasteiger partial charge in [0, 0.05) is 0 Å². The SMILES string of the molecule is O=C(O)COS(=O)(=O)CCCc1ccccc1. The molecule has 0 aliphatic rings. The molecule has 0 unspecified atom stereocenters. The van der Waals surface area contributed by atoms with Crippen molar-refractivity contribution in [3.05, 3.63) is 35.9 Å². The Morgan fingerprint density at radius 3 is 2.47 bits per heavy atom. The molecule has 1 rings (SSSR count). The van der Waals surface area contributed by atoms with Gasteiger partial charge in [-0.15, -0.1) is 0 Å². The van der Waals surface area contributed by atoms with Gasteiger partial charge in [0.2, 0.25) is 0 Å². The Kier molecular flexibility index (Phi) is 5.11. The first kappa shape index (κ1) is 13.7. The summed E-state index contributed by atoms with van der Waals surface area (Å²) in [6, 6.07) is 9.46. The number of carboxylic acid groups (broad SMARTS) is 1. The summed E-state index contributed by atoms with van der Waals surface area (Å²) in [6.07, 6.45) is 1.03. The lowest BCUT2D eigenvalue weighted by Gasteiger charge is -2.03. The summed E-state index contributed by atoms with van der Waals surface area (Å²) >= 11 is 0. The summed E-state index contributed by atoms with van der Waals surface area (Å²) in [5.41, 5.74) is 1.04. The summed E-state index contributed by atoms with van der Waals surface area (Å²) in [7, 11) is -3.73. The van der Waals surface area contributed by atoms with Gasteiger partial charge in [-0.3, -0.25) is 4.18 Å². The van der Waals surface area contributed by atoms with Crippen molar-refractivity contribution in [1.29, 1.82) is 0 Å². The van der Waals surface area contributed by atoms with Gasteiger partial charge in [0.1, 0.15) is 0 Å². The highest BCUT2D eigenvalue weighted by atomic mass is 32.2. The molecule has 0 aliphatic heterocycles. The van der Waals surface area contributed by atoms with Gasteiger partial charge in [-0.2, -0.15) is 8.42 Å². The third-order valence-corrected chi connectivity index (χ3v) is 3.33. The van der Waals surface area contributed by atoms with E-state index in [1.54, 1.807) is 0 Å². The van der Waals surface area contributed by atoms with E-state index in [1.165, 1.54) is 0 Å². The molecular weight excluding hydrogens is 244 g/mol. The fourth-order valence-electron chi connectivity index (χ4n) is 1.30. The van der Waals surface area contributed by atoms with E-state index in [1.807, 2.05) is 30.3 Å². The lowest BCUT2D eigenvalue weighted by Crippen LogP contribution is -2.16. The van der Waals surface area contributed by atoms with Crippen LogP contribution in [-0.4, -0.2) is 31.9 Å². The van der Waals surface area contributed by atoms with Crippen LogP contribution < -0.4 is 0 Å². The van der Waals surface area contributed by atoms with Crippen molar-refractivity contribution in [1.82, 2.24) is 0 Å². The maximum atomic E-state index is 11.2. The fourth-order valence-corrected chi connectivity index (χ4v) is 2.19. The lowest BCUT2D eigenvalue weighted by atomic mass is 10.1. The fraction of sp³-hybridized carbons (Fsp3) is 0.364. The number of hydrogen-bond acceptors (Lipinski definition) is 4. The van der Waals surface area contributed by atoms with Crippen molar-refractivity contribution in [2.75, 3.05) is 12.4 Å². The van der Waals surface area contributed by atoms with E-state index in [4.69, 9.17) is 5.11 Å². The van der Waals surface area contributed by atoms with Gasteiger partial charge in [0.15, 0.2) is 6.61 Å². The van der Waals surface area contributed by atoms with E-state index in [-0.39, 0.29) is 5.75 Å². The molecule has 0 saturated carbocycles. The summed E-state index contributed by atoms with van der Waals surface area (Å²) in [5.74, 6) is -1.47. The first-order valence-electron chi connectivity index (χ1n) is 5.12. The molecule has 6 heteroatoms. The third kappa shape index (κ3) is 6.03. The van der Waals surface area contributed by atoms with Crippen molar-refractivity contribution >= 4 is 16.1 Å². The number of hydrogen-bond donors (Lipinski definition) is 1. The van der Waals surface area contributed by atoms with E-state index in [0.717, 1.165) is 5.56 Å². The monoisotopic (exact) mass is 258 g/mol. The molecule has 0 radical (unpaired) electrons. The van der Waals surface area contributed by atoms with Gasteiger partial charge < -0.3 is 5.11 Å². The molecule has 0 saturated heterocycles. The molecule has 0 fully saturated rings. The summed E-state index contributed by atoms with van der Waals surface area (Å²) in [4.78, 5) is 10.2. The molecule has 5 nitrogen and oxygen atoms in total. The van der Waals surface area contributed by atoms with Crippen molar-refractivity contribution in [3.8, 4) is 0 Å². The second-order valence-electron chi connectivity index (χ2n) is 3.51. The first-order chi connectivity index (χ1) is 7.99. The number of carbonyl (C=O) groups is 1. The molecule has 0 amide bonds. The molecule has 0 aliphatic carbocycles. The van der Waals surface area contributed by atoms with Crippen LogP contribution in [-0.2, 0) is 25.5 Å². The Hall–Kier alpha value is -1.40. The van der Waals surface area contributed by atoms with Crippen LogP contribution in [0.25, 0.3) is 0 Å². The van der Waals surface area contributed by atoms with Gasteiger partial charge in [0.25, 0.3) is 10.1 Å². The average molecular weight is 258 g/mol. The highest BCUT2D eigenvalue weighted by molar-refractivity contribution is 7.86. The van der Waals surface area contributed by atoms with Gasteiger partial charge in [-0.1, -0.05) is 30.3 Å². The molecule has 0 spiro atoms. The smallest absolute Gasteiger partial charge is 0.331 e. The Bertz CT molecular complexity index is 452. The summed E-state index contributed by atoms with van der Waals surface area (Å²) in [5, 5.41) is 8.29. The van der Waals surface area contributed by atoms with Crippen LogP contribution in [0, 0.1) is 0 Å². The maximum absolute atomic E-state index is 11.2. The molecule has 0 bridgehead atoms. The quantitative estimate of drug-likeness (QED) is 0.739.